The van der Waals surface area contributed by atoms with E-state index in [2.05, 4.69) is 10.6 Å². The summed E-state index contributed by atoms with van der Waals surface area (Å²) in [5.41, 5.74) is 0.683. The molecule has 0 aliphatic heterocycles. The van der Waals surface area contributed by atoms with Gasteiger partial charge in [0.25, 0.3) is 11.8 Å². The molecule has 0 saturated carbocycles. The van der Waals surface area contributed by atoms with Gasteiger partial charge in [-0.25, -0.2) is 8.78 Å². The first kappa shape index (κ1) is 34.3. The topological polar surface area (TPSA) is 136 Å². The Hall–Kier alpha value is -3.86. The van der Waals surface area contributed by atoms with Gasteiger partial charge in [-0.3, -0.25) is 19.2 Å². The number of nitrogens with zero attached hydrogens (tertiary/aromatic N) is 1. The van der Waals surface area contributed by atoms with E-state index in [9.17, 15) is 33.1 Å². The summed E-state index contributed by atoms with van der Waals surface area (Å²) in [5, 5.41) is 25.2. The molecule has 0 unspecified atom stereocenters. The molecule has 0 spiro atoms. The highest BCUT2D eigenvalue weighted by Crippen LogP contribution is 2.19. The molecule has 2 rings (SSSR count). The standard InChI is InChI=1S/C31H41F2N3O6/c1-4-12-36(13-5-2)31(42)23-9-7-8-22(17-23)30(41)35-26(16-20-14-24(32)19-25(33)15-20)27(37)18-21(6-3)29(40)34-11-10-28(38)39/h7-9,14-15,17,19,21,26-27,37H,4-6,10-13,16,18H2,1-3H3,(H,34,40)(H,35,41)(H,38,39)/t21-,26+,27+/m1/s1. The maximum Gasteiger partial charge on any atom is 0.305 e. The minimum absolute atomic E-state index is 0.0769. The first-order valence-corrected chi connectivity index (χ1v) is 14.3. The zero-order valence-electron chi connectivity index (χ0n) is 24.4. The van der Waals surface area contributed by atoms with Crippen LogP contribution < -0.4 is 10.6 Å². The van der Waals surface area contributed by atoms with Crippen molar-refractivity contribution in [3.05, 3.63) is 70.8 Å². The number of benzene rings is 2. The van der Waals surface area contributed by atoms with Gasteiger partial charge in [0.15, 0.2) is 0 Å². The number of amides is 3. The predicted octanol–water partition coefficient (Wildman–Crippen LogP) is 3.94. The molecular weight excluding hydrogens is 548 g/mol. The van der Waals surface area contributed by atoms with Crippen molar-refractivity contribution in [1.29, 1.82) is 0 Å². The number of carboxylic acids is 1. The third-order valence-corrected chi connectivity index (χ3v) is 6.83. The molecular formula is C31H41F2N3O6. The molecule has 3 amide bonds. The Morgan fingerprint density at radius 2 is 1.55 bits per heavy atom. The Kier molecular flexibility index (Phi) is 14.0. The number of aliphatic hydroxyl groups excluding tert-OH is 1. The van der Waals surface area contributed by atoms with Crippen LogP contribution in [0.2, 0.25) is 0 Å². The summed E-state index contributed by atoms with van der Waals surface area (Å²) in [4.78, 5) is 51.5. The zero-order chi connectivity index (χ0) is 31.2. The number of rotatable bonds is 17. The fourth-order valence-corrected chi connectivity index (χ4v) is 4.70. The minimum Gasteiger partial charge on any atom is -0.481 e. The Balaban J connectivity index is 2.29. The van der Waals surface area contributed by atoms with Crippen molar-refractivity contribution in [3.63, 3.8) is 0 Å². The van der Waals surface area contributed by atoms with E-state index in [1.54, 1.807) is 24.0 Å². The molecule has 0 aliphatic carbocycles. The van der Waals surface area contributed by atoms with Gasteiger partial charge in [-0.1, -0.05) is 26.8 Å². The molecule has 9 nitrogen and oxygen atoms in total. The second-order valence-corrected chi connectivity index (χ2v) is 10.3. The molecule has 0 aromatic heterocycles. The molecule has 0 bridgehead atoms. The van der Waals surface area contributed by atoms with Crippen molar-refractivity contribution in [2.75, 3.05) is 19.6 Å². The molecule has 2 aromatic carbocycles. The first-order valence-electron chi connectivity index (χ1n) is 14.3. The molecule has 0 radical (unpaired) electrons. The van der Waals surface area contributed by atoms with Gasteiger partial charge in [-0.05, 0) is 68.0 Å². The molecule has 11 heteroatoms. The number of halogens is 2. The third kappa shape index (κ3) is 10.8. The SMILES string of the molecule is CCCN(CCC)C(=O)c1cccc(C(=O)N[C@@H](Cc2cc(F)cc(F)c2)[C@@H](O)C[C@@H](CC)C(=O)NCCC(=O)O)c1. The van der Waals surface area contributed by atoms with Gasteiger partial charge in [0.2, 0.25) is 5.91 Å². The summed E-state index contributed by atoms with van der Waals surface area (Å²) >= 11 is 0. The van der Waals surface area contributed by atoms with E-state index < -0.39 is 47.5 Å². The average molecular weight is 590 g/mol. The Morgan fingerprint density at radius 3 is 2.12 bits per heavy atom. The molecule has 2 aromatic rings. The van der Waals surface area contributed by atoms with Crippen molar-refractivity contribution in [3.8, 4) is 0 Å². The number of aliphatic hydroxyl groups is 1. The van der Waals surface area contributed by atoms with Crippen molar-refractivity contribution in [1.82, 2.24) is 15.5 Å². The van der Waals surface area contributed by atoms with Gasteiger partial charge in [0.05, 0.1) is 18.6 Å². The maximum atomic E-state index is 13.9. The number of aliphatic carboxylic acids is 1. The highest BCUT2D eigenvalue weighted by atomic mass is 19.1. The van der Waals surface area contributed by atoms with Gasteiger partial charge >= 0.3 is 5.97 Å². The molecule has 3 atom stereocenters. The van der Waals surface area contributed by atoms with Crippen LogP contribution in [-0.4, -0.2) is 70.6 Å². The molecule has 0 heterocycles. The highest BCUT2D eigenvalue weighted by molar-refractivity contribution is 5.99. The van der Waals surface area contributed by atoms with Crippen molar-refractivity contribution in [2.45, 2.75) is 71.4 Å². The predicted molar refractivity (Wildman–Crippen MR) is 154 cm³/mol. The summed E-state index contributed by atoms with van der Waals surface area (Å²) in [5.74, 6) is -4.67. The van der Waals surface area contributed by atoms with Crippen molar-refractivity contribution < 1.29 is 38.2 Å². The number of hydrogen-bond donors (Lipinski definition) is 4. The van der Waals surface area contributed by atoms with E-state index in [0.29, 0.717) is 31.1 Å². The van der Waals surface area contributed by atoms with Gasteiger partial charge in [-0.2, -0.15) is 0 Å². The van der Waals surface area contributed by atoms with Crippen LogP contribution in [0.5, 0.6) is 0 Å². The zero-order valence-corrected chi connectivity index (χ0v) is 24.4. The van der Waals surface area contributed by atoms with Crippen LogP contribution in [0, 0.1) is 17.6 Å². The lowest BCUT2D eigenvalue weighted by atomic mass is 9.91. The van der Waals surface area contributed by atoms with E-state index in [0.717, 1.165) is 25.0 Å². The van der Waals surface area contributed by atoms with Crippen molar-refractivity contribution in [2.24, 2.45) is 5.92 Å². The Labute approximate surface area is 245 Å². The van der Waals surface area contributed by atoms with E-state index in [1.165, 1.54) is 12.1 Å². The minimum atomic E-state index is -1.30. The second kappa shape index (κ2) is 17.2. The van der Waals surface area contributed by atoms with E-state index in [4.69, 9.17) is 5.11 Å². The molecule has 42 heavy (non-hydrogen) atoms. The maximum absolute atomic E-state index is 13.9. The number of carbonyl (C=O) groups is 4. The summed E-state index contributed by atoms with van der Waals surface area (Å²) in [6.07, 6.45) is 0.0828. The largest absolute Gasteiger partial charge is 0.481 e. The van der Waals surface area contributed by atoms with E-state index in [1.807, 2.05) is 13.8 Å². The van der Waals surface area contributed by atoms with Gasteiger partial charge < -0.3 is 25.7 Å². The Morgan fingerprint density at radius 1 is 0.929 bits per heavy atom. The fraction of sp³-hybridized carbons (Fsp3) is 0.484. The lowest BCUT2D eigenvalue weighted by molar-refractivity contribution is -0.137. The van der Waals surface area contributed by atoms with Crippen LogP contribution in [0.4, 0.5) is 8.78 Å². The second-order valence-electron chi connectivity index (χ2n) is 10.3. The van der Waals surface area contributed by atoms with Crippen LogP contribution >= 0.6 is 0 Å². The van der Waals surface area contributed by atoms with Crippen LogP contribution in [0.15, 0.2) is 42.5 Å². The van der Waals surface area contributed by atoms with Gasteiger partial charge in [0.1, 0.15) is 11.6 Å². The molecule has 230 valence electrons. The summed E-state index contributed by atoms with van der Waals surface area (Å²) in [7, 11) is 0. The monoisotopic (exact) mass is 589 g/mol. The lowest BCUT2D eigenvalue weighted by Gasteiger charge is -2.27. The van der Waals surface area contributed by atoms with Crippen LogP contribution in [0.3, 0.4) is 0 Å². The first-order chi connectivity index (χ1) is 20.0. The number of carbonyl (C=O) groups excluding carboxylic acids is 3. The van der Waals surface area contributed by atoms with Crippen molar-refractivity contribution >= 4 is 23.7 Å². The summed E-state index contributed by atoms with van der Waals surface area (Å²) < 4.78 is 27.9. The number of hydrogen-bond acceptors (Lipinski definition) is 5. The molecule has 0 fully saturated rings. The van der Waals surface area contributed by atoms with Gasteiger partial charge in [0, 0.05) is 42.7 Å². The summed E-state index contributed by atoms with van der Waals surface area (Å²) in [6.45, 7) is 6.74. The summed E-state index contributed by atoms with van der Waals surface area (Å²) in [6, 6.07) is 8.05. The van der Waals surface area contributed by atoms with E-state index in [-0.39, 0.29) is 42.8 Å². The number of carboxylic acid groups (broad SMARTS) is 1. The smallest absolute Gasteiger partial charge is 0.305 e. The quantitative estimate of drug-likeness (QED) is 0.221. The lowest BCUT2D eigenvalue weighted by Crippen LogP contribution is -2.46. The average Bonchev–Trinajstić information content (AvgIpc) is 2.94. The molecule has 0 saturated heterocycles. The molecule has 4 N–H and O–H groups in total. The van der Waals surface area contributed by atoms with Crippen LogP contribution in [0.1, 0.15) is 79.2 Å². The van der Waals surface area contributed by atoms with Gasteiger partial charge in [-0.15, -0.1) is 0 Å². The Bertz CT molecular complexity index is 1200. The molecule has 0 aliphatic rings. The van der Waals surface area contributed by atoms with Crippen LogP contribution in [-0.2, 0) is 16.0 Å². The fourth-order valence-electron chi connectivity index (χ4n) is 4.70. The third-order valence-electron chi connectivity index (χ3n) is 6.83. The van der Waals surface area contributed by atoms with E-state index >= 15 is 0 Å². The normalized spacial score (nSPS) is 13.1. The highest BCUT2D eigenvalue weighted by Gasteiger charge is 2.28. The number of nitrogens with one attached hydrogen (secondary N) is 2. The van der Waals surface area contributed by atoms with Crippen LogP contribution in [0.25, 0.3) is 0 Å².